The summed E-state index contributed by atoms with van der Waals surface area (Å²) in [7, 11) is 1.69. The van der Waals surface area contributed by atoms with Crippen LogP contribution < -0.4 is 10.1 Å². The van der Waals surface area contributed by atoms with E-state index >= 15 is 0 Å². The van der Waals surface area contributed by atoms with Gasteiger partial charge in [0.1, 0.15) is 11.4 Å². The lowest BCUT2D eigenvalue weighted by molar-refractivity contribution is 0.370. The Morgan fingerprint density at radius 1 is 1.44 bits per heavy atom. The van der Waals surface area contributed by atoms with Crippen LogP contribution in [-0.4, -0.2) is 29.6 Å². The Balaban J connectivity index is 1.79. The summed E-state index contributed by atoms with van der Waals surface area (Å²) in [4.78, 5) is 4.68. The van der Waals surface area contributed by atoms with Gasteiger partial charge in [0, 0.05) is 18.5 Å². The molecule has 18 heavy (non-hydrogen) atoms. The molecule has 1 N–H and O–H groups in total. The minimum absolute atomic E-state index is 0.776. The van der Waals surface area contributed by atoms with Crippen molar-refractivity contribution in [1.82, 2.24) is 14.7 Å². The first kappa shape index (κ1) is 11.5. The second-order valence-electron chi connectivity index (χ2n) is 4.96. The van der Waals surface area contributed by atoms with Crippen LogP contribution in [0.25, 0.3) is 5.65 Å². The Morgan fingerprint density at radius 2 is 2.28 bits per heavy atom. The fourth-order valence-corrected chi connectivity index (χ4v) is 2.62. The third kappa shape index (κ3) is 2.34. The van der Waals surface area contributed by atoms with Gasteiger partial charge in [-0.05, 0) is 44.3 Å². The number of pyridine rings is 1. The molecule has 0 unspecified atom stereocenters. The number of piperidine rings is 1. The minimum atomic E-state index is 0.776. The van der Waals surface area contributed by atoms with Crippen LogP contribution in [-0.2, 0) is 6.42 Å². The molecule has 2 aromatic heterocycles. The third-order valence-corrected chi connectivity index (χ3v) is 3.67. The molecule has 0 atom stereocenters. The van der Waals surface area contributed by atoms with Crippen LogP contribution in [0.3, 0.4) is 0 Å². The first-order valence-corrected chi connectivity index (χ1v) is 6.57. The summed E-state index contributed by atoms with van der Waals surface area (Å²) in [6.45, 7) is 2.29. The molecular weight excluding hydrogens is 226 g/mol. The zero-order valence-electron chi connectivity index (χ0n) is 10.7. The molecule has 0 saturated carbocycles. The van der Waals surface area contributed by atoms with Crippen LogP contribution >= 0.6 is 0 Å². The number of ether oxygens (including phenoxy) is 1. The largest absolute Gasteiger partial charge is 0.497 e. The number of methoxy groups -OCH3 is 1. The normalized spacial score (nSPS) is 17.2. The molecule has 4 nitrogen and oxygen atoms in total. The average molecular weight is 245 g/mol. The van der Waals surface area contributed by atoms with Crippen molar-refractivity contribution in [3.05, 3.63) is 30.2 Å². The van der Waals surface area contributed by atoms with Gasteiger partial charge in [0.2, 0.25) is 0 Å². The maximum atomic E-state index is 5.22. The Kier molecular flexibility index (Phi) is 3.19. The average Bonchev–Trinajstić information content (AvgIpc) is 2.80. The predicted molar refractivity (Wildman–Crippen MR) is 71.0 cm³/mol. The fourth-order valence-electron chi connectivity index (χ4n) is 2.62. The molecule has 3 heterocycles. The van der Waals surface area contributed by atoms with Crippen LogP contribution in [0.15, 0.2) is 24.5 Å². The quantitative estimate of drug-likeness (QED) is 0.897. The van der Waals surface area contributed by atoms with Crippen molar-refractivity contribution in [3.8, 4) is 5.75 Å². The fraction of sp³-hybridized carbons (Fsp3) is 0.500. The minimum Gasteiger partial charge on any atom is -0.497 e. The molecule has 1 fully saturated rings. The summed E-state index contributed by atoms with van der Waals surface area (Å²) in [6.07, 6.45) is 7.75. The Morgan fingerprint density at radius 3 is 3.06 bits per heavy atom. The van der Waals surface area contributed by atoms with E-state index in [1.807, 2.05) is 18.3 Å². The van der Waals surface area contributed by atoms with E-state index in [-0.39, 0.29) is 0 Å². The van der Waals surface area contributed by atoms with Crippen LogP contribution in [0.5, 0.6) is 5.75 Å². The van der Waals surface area contributed by atoms with Gasteiger partial charge in [0.05, 0.1) is 12.8 Å². The summed E-state index contributed by atoms with van der Waals surface area (Å²) >= 11 is 0. The van der Waals surface area contributed by atoms with Gasteiger partial charge in [-0.25, -0.2) is 4.98 Å². The highest BCUT2D eigenvalue weighted by atomic mass is 16.5. The molecule has 0 aromatic carbocycles. The smallest absolute Gasteiger partial charge is 0.140 e. The van der Waals surface area contributed by atoms with Crippen molar-refractivity contribution >= 4 is 5.65 Å². The summed E-state index contributed by atoms with van der Waals surface area (Å²) in [6, 6.07) is 3.94. The topological polar surface area (TPSA) is 38.6 Å². The Hall–Kier alpha value is -1.55. The highest BCUT2D eigenvalue weighted by Crippen LogP contribution is 2.19. The molecule has 0 aliphatic carbocycles. The maximum absolute atomic E-state index is 5.22. The van der Waals surface area contributed by atoms with Gasteiger partial charge in [-0.3, -0.25) is 0 Å². The zero-order valence-corrected chi connectivity index (χ0v) is 10.7. The number of aromatic nitrogens is 2. The van der Waals surface area contributed by atoms with E-state index in [2.05, 4.69) is 20.9 Å². The molecule has 0 spiro atoms. The monoisotopic (exact) mass is 245 g/mol. The highest BCUT2D eigenvalue weighted by molar-refractivity contribution is 5.45. The molecule has 2 aromatic rings. The first-order chi connectivity index (χ1) is 8.85. The van der Waals surface area contributed by atoms with Gasteiger partial charge in [0.15, 0.2) is 0 Å². The standard InChI is InChI=1S/C14H19N3O/c1-18-13-4-7-17-10-12(16-14(17)9-13)8-11-2-5-15-6-3-11/h4,7,9-11,15H,2-3,5-6,8H2,1H3. The lowest BCUT2D eigenvalue weighted by Crippen LogP contribution is -2.28. The molecule has 1 saturated heterocycles. The number of rotatable bonds is 3. The van der Waals surface area contributed by atoms with E-state index in [1.54, 1.807) is 7.11 Å². The SMILES string of the molecule is COc1ccn2cc(CC3CCNCC3)nc2c1. The molecule has 1 aliphatic heterocycles. The molecular formula is C14H19N3O. The molecule has 4 heteroatoms. The zero-order chi connectivity index (χ0) is 12.4. The third-order valence-electron chi connectivity index (χ3n) is 3.67. The first-order valence-electron chi connectivity index (χ1n) is 6.57. The van der Waals surface area contributed by atoms with E-state index in [4.69, 9.17) is 4.74 Å². The number of nitrogens with zero attached hydrogens (tertiary/aromatic N) is 2. The number of imidazole rings is 1. The van der Waals surface area contributed by atoms with Crippen molar-refractivity contribution in [2.75, 3.05) is 20.2 Å². The van der Waals surface area contributed by atoms with E-state index in [1.165, 1.54) is 18.5 Å². The van der Waals surface area contributed by atoms with E-state index < -0.39 is 0 Å². The summed E-state index contributed by atoms with van der Waals surface area (Å²) < 4.78 is 7.29. The van der Waals surface area contributed by atoms with E-state index in [0.717, 1.165) is 36.8 Å². The summed E-state index contributed by atoms with van der Waals surface area (Å²) in [5.41, 5.74) is 2.16. The van der Waals surface area contributed by atoms with Gasteiger partial charge < -0.3 is 14.5 Å². The molecule has 96 valence electrons. The van der Waals surface area contributed by atoms with Crippen molar-refractivity contribution in [3.63, 3.8) is 0 Å². The van der Waals surface area contributed by atoms with Crippen molar-refractivity contribution in [2.45, 2.75) is 19.3 Å². The van der Waals surface area contributed by atoms with Crippen LogP contribution in [0.2, 0.25) is 0 Å². The maximum Gasteiger partial charge on any atom is 0.140 e. The van der Waals surface area contributed by atoms with Crippen LogP contribution in [0, 0.1) is 5.92 Å². The Bertz CT molecular complexity index is 529. The molecule has 0 bridgehead atoms. The van der Waals surface area contributed by atoms with Crippen molar-refractivity contribution in [2.24, 2.45) is 5.92 Å². The number of hydrogen-bond acceptors (Lipinski definition) is 3. The Labute approximate surface area is 107 Å². The van der Waals surface area contributed by atoms with E-state index in [0.29, 0.717) is 0 Å². The molecule has 0 radical (unpaired) electrons. The van der Waals surface area contributed by atoms with Crippen molar-refractivity contribution in [1.29, 1.82) is 0 Å². The van der Waals surface area contributed by atoms with Crippen LogP contribution in [0.1, 0.15) is 18.5 Å². The van der Waals surface area contributed by atoms with Crippen molar-refractivity contribution < 1.29 is 4.74 Å². The second-order valence-corrected chi connectivity index (χ2v) is 4.96. The number of hydrogen-bond donors (Lipinski definition) is 1. The van der Waals surface area contributed by atoms with E-state index in [9.17, 15) is 0 Å². The summed E-state index contributed by atoms with van der Waals surface area (Å²) in [5, 5.41) is 3.40. The predicted octanol–water partition coefficient (Wildman–Crippen LogP) is 1.88. The highest BCUT2D eigenvalue weighted by Gasteiger charge is 2.15. The second kappa shape index (κ2) is 4.98. The molecule has 0 amide bonds. The van der Waals surface area contributed by atoms with Gasteiger partial charge in [0.25, 0.3) is 0 Å². The van der Waals surface area contributed by atoms with Gasteiger partial charge in [-0.15, -0.1) is 0 Å². The summed E-state index contributed by atoms with van der Waals surface area (Å²) in [5.74, 6) is 1.64. The van der Waals surface area contributed by atoms with Gasteiger partial charge >= 0.3 is 0 Å². The van der Waals surface area contributed by atoms with Crippen LogP contribution in [0.4, 0.5) is 0 Å². The molecule has 1 aliphatic rings. The number of fused-ring (bicyclic) bond motifs is 1. The molecule has 3 rings (SSSR count). The number of nitrogens with one attached hydrogen (secondary N) is 1. The van der Waals surface area contributed by atoms with Gasteiger partial charge in [-0.1, -0.05) is 0 Å². The van der Waals surface area contributed by atoms with Gasteiger partial charge in [-0.2, -0.15) is 0 Å². The lowest BCUT2D eigenvalue weighted by atomic mass is 9.93. The lowest BCUT2D eigenvalue weighted by Gasteiger charge is -2.21.